The molecule has 1 aromatic rings. The topological polar surface area (TPSA) is 31.2 Å². The van der Waals surface area contributed by atoms with Crippen molar-refractivity contribution in [2.75, 3.05) is 18.1 Å². The van der Waals surface area contributed by atoms with Gasteiger partial charge in [0.05, 0.1) is 5.69 Å². The Morgan fingerprint density at radius 3 is 2.47 bits per heavy atom. The molecule has 0 N–H and O–H groups in total. The lowest BCUT2D eigenvalue weighted by atomic mass is 10.2. The first-order valence-corrected chi connectivity index (χ1v) is 7.32. The predicted octanol–water partition coefficient (Wildman–Crippen LogP) is 3.86. The highest BCUT2D eigenvalue weighted by Crippen LogP contribution is 2.29. The van der Waals surface area contributed by atoms with Gasteiger partial charge in [-0.3, -0.25) is 4.90 Å². The molecule has 0 aliphatic carbocycles. The monoisotopic (exact) mass is 322 g/mol. The van der Waals surface area contributed by atoms with Crippen LogP contribution in [0.1, 0.15) is 13.8 Å². The van der Waals surface area contributed by atoms with Crippen LogP contribution in [0.5, 0.6) is 0 Å². The second-order valence-corrected chi connectivity index (χ2v) is 5.30. The number of benzene rings is 1. The minimum absolute atomic E-state index is 0.0172. The molecule has 1 aliphatic rings. The smallest absolute Gasteiger partial charge is 0.134 e. The largest absolute Gasteiger partial charge is 0.280 e. The molecule has 2 rings (SSSR count). The highest BCUT2D eigenvalue weighted by atomic mass is 79.9. The zero-order valence-corrected chi connectivity index (χ0v) is 12.9. The molecule has 0 spiro atoms. The van der Waals surface area contributed by atoms with E-state index in [4.69, 9.17) is 0 Å². The maximum absolute atomic E-state index is 4.32. The van der Waals surface area contributed by atoms with E-state index in [9.17, 15) is 0 Å². The van der Waals surface area contributed by atoms with Gasteiger partial charge in [0.2, 0.25) is 0 Å². The SMILES string of the molecule is C=C[C@@H]1N=NN(c2ccc(Br)cc2)[C@H]1N(CC)CC. The first kappa shape index (κ1) is 14.2. The van der Waals surface area contributed by atoms with Crippen LogP contribution in [0.3, 0.4) is 0 Å². The van der Waals surface area contributed by atoms with Gasteiger partial charge in [-0.2, -0.15) is 5.11 Å². The van der Waals surface area contributed by atoms with Crippen LogP contribution in [0, 0.1) is 0 Å². The van der Waals surface area contributed by atoms with Crippen LogP contribution < -0.4 is 5.01 Å². The Morgan fingerprint density at radius 2 is 1.95 bits per heavy atom. The lowest BCUT2D eigenvalue weighted by molar-refractivity contribution is 0.212. The summed E-state index contributed by atoms with van der Waals surface area (Å²) in [5.74, 6) is 0. The average Bonchev–Trinajstić information content (AvgIpc) is 2.85. The van der Waals surface area contributed by atoms with Crippen LogP contribution in [0.25, 0.3) is 0 Å². The zero-order chi connectivity index (χ0) is 13.8. The molecule has 19 heavy (non-hydrogen) atoms. The minimum atomic E-state index is 0.0172. The number of anilines is 1. The zero-order valence-electron chi connectivity index (χ0n) is 11.3. The molecular weight excluding hydrogens is 304 g/mol. The molecule has 0 bridgehead atoms. The molecule has 0 amide bonds. The standard InChI is InChI=1S/C14H19BrN4/c1-4-13-14(18(5-2)6-3)19(17-16-13)12-9-7-11(15)8-10-12/h4,7-10,13-14H,1,5-6H2,2-3H3/t13-,14+/m0/s1. The third-order valence-corrected chi connectivity index (χ3v) is 3.89. The fourth-order valence-electron chi connectivity index (χ4n) is 2.31. The van der Waals surface area contributed by atoms with Gasteiger partial charge in [0.25, 0.3) is 0 Å². The summed E-state index contributed by atoms with van der Waals surface area (Å²) in [4.78, 5) is 2.34. The fraction of sp³-hybridized carbons (Fsp3) is 0.429. The first-order valence-electron chi connectivity index (χ1n) is 6.53. The van der Waals surface area contributed by atoms with Crippen LogP contribution in [0.2, 0.25) is 0 Å². The van der Waals surface area contributed by atoms with Crippen molar-refractivity contribution in [1.29, 1.82) is 0 Å². The number of likely N-dealkylation sites (N-methyl/N-ethyl adjacent to an activating group) is 1. The summed E-state index contributed by atoms with van der Waals surface area (Å²) >= 11 is 3.45. The lowest BCUT2D eigenvalue weighted by Gasteiger charge is -2.33. The molecule has 4 nitrogen and oxygen atoms in total. The number of halogens is 1. The van der Waals surface area contributed by atoms with Crippen molar-refractivity contribution in [2.45, 2.75) is 26.1 Å². The van der Waals surface area contributed by atoms with E-state index < -0.39 is 0 Å². The van der Waals surface area contributed by atoms with Crippen molar-refractivity contribution >= 4 is 21.6 Å². The molecule has 5 heteroatoms. The van der Waals surface area contributed by atoms with Crippen LogP contribution >= 0.6 is 15.9 Å². The maximum Gasteiger partial charge on any atom is 0.134 e. The number of hydrogen-bond acceptors (Lipinski definition) is 4. The number of rotatable bonds is 5. The number of hydrogen-bond donors (Lipinski definition) is 0. The first-order chi connectivity index (χ1) is 9.21. The van der Waals surface area contributed by atoms with Gasteiger partial charge < -0.3 is 0 Å². The van der Waals surface area contributed by atoms with E-state index in [1.165, 1.54) is 0 Å². The molecule has 0 aromatic heterocycles. The molecule has 1 aromatic carbocycles. The van der Waals surface area contributed by atoms with E-state index in [1.807, 2.05) is 35.4 Å². The fourth-order valence-corrected chi connectivity index (χ4v) is 2.57. The summed E-state index contributed by atoms with van der Waals surface area (Å²) in [6, 6.07) is 8.15. The van der Waals surface area contributed by atoms with E-state index in [0.29, 0.717) is 0 Å². The van der Waals surface area contributed by atoms with Crippen molar-refractivity contribution < 1.29 is 0 Å². The summed E-state index contributed by atoms with van der Waals surface area (Å²) in [5, 5.41) is 10.6. The van der Waals surface area contributed by atoms with E-state index in [1.54, 1.807) is 0 Å². The van der Waals surface area contributed by atoms with Gasteiger partial charge in [-0.05, 0) is 37.4 Å². The summed E-state index contributed by atoms with van der Waals surface area (Å²) < 4.78 is 1.06. The maximum atomic E-state index is 4.32. The molecule has 1 aliphatic heterocycles. The summed E-state index contributed by atoms with van der Waals surface area (Å²) in [7, 11) is 0. The van der Waals surface area contributed by atoms with Crippen LogP contribution in [0.15, 0.2) is 51.7 Å². The van der Waals surface area contributed by atoms with Crippen LogP contribution in [-0.2, 0) is 0 Å². The molecule has 0 saturated carbocycles. The quantitative estimate of drug-likeness (QED) is 0.771. The average molecular weight is 323 g/mol. The van der Waals surface area contributed by atoms with Crippen molar-refractivity contribution in [3.8, 4) is 0 Å². The van der Waals surface area contributed by atoms with Crippen molar-refractivity contribution in [1.82, 2.24) is 4.90 Å². The Labute approximate surface area is 122 Å². The second-order valence-electron chi connectivity index (χ2n) is 4.39. The van der Waals surface area contributed by atoms with Gasteiger partial charge in [-0.15, -0.1) is 6.58 Å². The van der Waals surface area contributed by atoms with E-state index in [0.717, 1.165) is 23.2 Å². The van der Waals surface area contributed by atoms with Gasteiger partial charge in [-0.25, -0.2) is 5.01 Å². The van der Waals surface area contributed by atoms with Crippen LogP contribution in [0.4, 0.5) is 5.69 Å². The van der Waals surface area contributed by atoms with Crippen molar-refractivity contribution in [2.24, 2.45) is 10.3 Å². The molecule has 0 saturated heterocycles. The van der Waals surface area contributed by atoms with Gasteiger partial charge in [0.1, 0.15) is 12.2 Å². The highest BCUT2D eigenvalue weighted by Gasteiger charge is 2.35. The molecule has 0 unspecified atom stereocenters. The molecule has 0 radical (unpaired) electrons. The third kappa shape index (κ3) is 2.87. The normalized spacial score (nSPS) is 22.2. The van der Waals surface area contributed by atoms with E-state index in [-0.39, 0.29) is 12.2 Å². The Bertz CT molecular complexity index is 453. The molecule has 102 valence electrons. The lowest BCUT2D eigenvalue weighted by Crippen LogP contribution is -2.49. The second kappa shape index (κ2) is 6.30. The Balaban J connectivity index is 2.30. The number of nitrogens with zero attached hydrogens (tertiary/aromatic N) is 4. The predicted molar refractivity (Wildman–Crippen MR) is 82.2 cm³/mol. The Morgan fingerprint density at radius 1 is 1.32 bits per heavy atom. The summed E-state index contributed by atoms with van der Waals surface area (Å²) in [5.41, 5.74) is 1.05. The molecule has 0 fully saturated rings. The van der Waals surface area contributed by atoms with Gasteiger partial charge in [-0.1, -0.05) is 41.1 Å². The van der Waals surface area contributed by atoms with Crippen LogP contribution in [-0.4, -0.2) is 30.2 Å². The van der Waals surface area contributed by atoms with E-state index in [2.05, 4.69) is 51.6 Å². The Kier molecular flexibility index (Phi) is 4.71. The molecule has 2 atom stereocenters. The molecular formula is C14H19BrN4. The minimum Gasteiger partial charge on any atom is -0.280 e. The van der Waals surface area contributed by atoms with E-state index >= 15 is 0 Å². The summed E-state index contributed by atoms with van der Waals surface area (Å²) in [6.07, 6.45) is 1.99. The van der Waals surface area contributed by atoms with Gasteiger partial charge >= 0.3 is 0 Å². The molecule has 1 heterocycles. The Hall–Kier alpha value is -1.20. The van der Waals surface area contributed by atoms with Gasteiger partial charge in [0, 0.05) is 4.47 Å². The van der Waals surface area contributed by atoms with Gasteiger partial charge in [0.15, 0.2) is 0 Å². The highest BCUT2D eigenvalue weighted by molar-refractivity contribution is 9.10. The van der Waals surface area contributed by atoms with Crippen molar-refractivity contribution in [3.05, 3.63) is 41.4 Å². The van der Waals surface area contributed by atoms with Crippen molar-refractivity contribution in [3.63, 3.8) is 0 Å². The summed E-state index contributed by atoms with van der Waals surface area (Å²) in [6.45, 7) is 10.1. The third-order valence-electron chi connectivity index (χ3n) is 3.36.